The number of amides is 2. The van der Waals surface area contributed by atoms with Gasteiger partial charge in [0.15, 0.2) is 0 Å². The summed E-state index contributed by atoms with van der Waals surface area (Å²) in [6.07, 6.45) is 0. The van der Waals surface area contributed by atoms with Gasteiger partial charge in [-0.1, -0.05) is 18.2 Å². The Morgan fingerprint density at radius 2 is 1.73 bits per heavy atom. The predicted molar refractivity (Wildman–Crippen MR) is 87.2 cm³/mol. The highest BCUT2D eigenvalue weighted by molar-refractivity contribution is 7.10. The van der Waals surface area contributed by atoms with Gasteiger partial charge in [0.05, 0.1) is 11.1 Å². The zero-order valence-corrected chi connectivity index (χ0v) is 13.5. The van der Waals surface area contributed by atoms with Crippen molar-refractivity contribution in [2.24, 2.45) is 0 Å². The third-order valence-electron chi connectivity index (χ3n) is 4.17. The summed E-state index contributed by atoms with van der Waals surface area (Å²) in [5, 5.41) is 2.06. The first-order chi connectivity index (χ1) is 10.6. The highest BCUT2D eigenvalue weighted by Crippen LogP contribution is 2.25. The second kappa shape index (κ2) is 6.02. The van der Waals surface area contributed by atoms with E-state index in [9.17, 15) is 9.59 Å². The fourth-order valence-electron chi connectivity index (χ4n) is 2.64. The number of carbonyl (C=O) groups excluding carboxylic acids is 2. The minimum Gasteiger partial charge on any atom is -0.297 e. The first kappa shape index (κ1) is 14.9. The molecule has 1 aliphatic rings. The van der Waals surface area contributed by atoms with E-state index in [4.69, 9.17) is 0 Å². The molecule has 0 saturated carbocycles. The minimum absolute atomic E-state index is 0.183. The van der Waals surface area contributed by atoms with Gasteiger partial charge in [0, 0.05) is 24.0 Å². The van der Waals surface area contributed by atoms with Crippen LogP contribution >= 0.6 is 11.3 Å². The van der Waals surface area contributed by atoms with Gasteiger partial charge in [0.2, 0.25) is 0 Å². The number of thiophene rings is 1. The Balaban J connectivity index is 1.65. The molecule has 3 rings (SSSR count). The number of imide groups is 1. The van der Waals surface area contributed by atoms with Crippen LogP contribution in [0.1, 0.15) is 38.6 Å². The zero-order chi connectivity index (χ0) is 15.7. The summed E-state index contributed by atoms with van der Waals surface area (Å²) < 4.78 is 0. The lowest BCUT2D eigenvalue weighted by molar-refractivity contribution is 0.0634. The van der Waals surface area contributed by atoms with E-state index in [0.717, 1.165) is 0 Å². The summed E-state index contributed by atoms with van der Waals surface area (Å²) in [5.41, 5.74) is 1.03. The average Bonchev–Trinajstić information content (AvgIpc) is 3.14. The normalized spacial score (nSPS) is 15.5. The maximum absolute atomic E-state index is 12.3. The van der Waals surface area contributed by atoms with Gasteiger partial charge in [0.1, 0.15) is 0 Å². The smallest absolute Gasteiger partial charge is 0.261 e. The van der Waals surface area contributed by atoms with E-state index >= 15 is 0 Å². The lowest BCUT2D eigenvalue weighted by atomic mass is 10.1. The number of hydrogen-bond acceptors (Lipinski definition) is 4. The third-order valence-corrected chi connectivity index (χ3v) is 5.21. The van der Waals surface area contributed by atoms with Gasteiger partial charge >= 0.3 is 0 Å². The fourth-order valence-corrected chi connectivity index (χ4v) is 3.49. The van der Waals surface area contributed by atoms with Gasteiger partial charge in [0.25, 0.3) is 11.8 Å². The molecule has 0 fully saturated rings. The van der Waals surface area contributed by atoms with Crippen LogP contribution in [-0.2, 0) is 0 Å². The predicted octanol–water partition coefficient (Wildman–Crippen LogP) is 3.04. The van der Waals surface area contributed by atoms with Crippen molar-refractivity contribution in [2.75, 3.05) is 20.1 Å². The Morgan fingerprint density at radius 3 is 2.27 bits per heavy atom. The molecule has 1 atom stereocenters. The first-order valence-electron chi connectivity index (χ1n) is 7.28. The van der Waals surface area contributed by atoms with E-state index in [1.54, 1.807) is 35.6 Å². The number of rotatable bonds is 5. The molecule has 22 heavy (non-hydrogen) atoms. The van der Waals surface area contributed by atoms with E-state index in [0.29, 0.717) is 24.2 Å². The Kier molecular flexibility index (Phi) is 4.09. The summed E-state index contributed by atoms with van der Waals surface area (Å²) in [4.78, 5) is 29.4. The molecule has 0 N–H and O–H groups in total. The Hall–Kier alpha value is -1.98. The Labute approximate surface area is 134 Å². The van der Waals surface area contributed by atoms with Gasteiger partial charge in [-0.15, -0.1) is 11.3 Å². The Morgan fingerprint density at radius 1 is 1.09 bits per heavy atom. The molecule has 2 heterocycles. The molecule has 4 nitrogen and oxygen atoms in total. The topological polar surface area (TPSA) is 40.6 Å². The molecule has 0 bridgehead atoms. The number of likely N-dealkylation sites (N-methyl/N-ethyl adjacent to an activating group) is 1. The third kappa shape index (κ3) is 2.58. The molecular weight excluding hydrogens is 296 g/mol. The molecular formula is C17H18N2O2S. The van der Waals surface area contributed by atoms with E-state index in [1.165, 1.54) is 9.78 Å². The van der Waals surface area contributed by atoms with Crippen molar-refractivity contribution < 1.29 is 9.59 Å². The van der Waals surface area contributed by atoms with Gasteiger partial charge in [-0.05, 0) is 37.6 Å². The molecule has 114 valence electrons. The second-order valence-electron chi connectivity index (χ2n) is 5.48. The molecule has 1 aromatic heterocycles. The van der Waals surface area contributed by atoms with Crippen LogP contribution in [0.2, 0.25) is 0 Å². The van der Waals surface area contributed by atoms with Crippen molar-refractivity contribution in [3.63, 3.8) is 0 Å². The summed E-state index contributed by atoms with van der Waals surface area (Å²) in [5.74, 6) is -0.365. The molecule has 1 unspecified atom stereocenters. The molecule has 0 aliphatic carbocycles. The maximum atomic E-state index is 12.3. The monoisotopic (exact) mass is 314 g/mol. The van der Waals surface area contributed by atoms with Crippen LogP contribution in [0.5, 0.6) is 0 Å². The van der Waals surface area contributed by atoms with Gasteiger partial charge in [-0.25, -0.2) is 0 Å². The molecule has 1 aromatic carbocycles. The molecule has 5 heteroatoms. The highest BCUT2D eigenvalue weighted by Gasteiger charge is 2.34. The molecule has 0 spiro atoms. The SMILES string of the molecule is CC(c1cccs1)N(C)CCN1C(=O)c2ccccc2C1=O. The van der Waals surface area contributed by atoms with Crippen LogP contribution in [0.3, 0.4) is 0 Å². The lowest BCUT2D eigenvalue weighted by Gasteiger charge is -2.25. The van der Waals surface area contributed by atoms with Crippen molar-refractivity contribution in [2.45, 2.75) is 13.0 Å². The largest absolute Gasteiger partial charge is 0.297 e. The molecule has 0 saturated heterocycles. The quantitative estimate of drug-likeness (QED) is 0.797. The highest BCUT2D eigenvalue weighted by atomic mass is 32.1. The summed E-state index contributed by atoms with van der Waals surface area (Å²) in [7, 11) is 2.02. The number of fused-ring (bicyclic) bond motifs is 1. The summed E-state index contributed by atoms with van der Waals surface area (Å²) >= 11 is 1.72. The van der Waals surface area contributed by atoms with E-state index in [-0.39, 0.29) is 17.9 Å². The van der Waals surface area contributed by atoms with Crippen LogP contribution < -0.4 is 0 Å². The summed E-state index contributed by atoms with van der Waals surface area (Å²) in [6.45, 7) is 3.21. The van der Waals surface area contributed by atoms with Gasteiger partial charge in [-0.2, -0.15) is 0 Å². The number of benzene rings is 1. The number of hydrogen-bond donors (Lipinski definition) is 0. The molecule has 2 aromatic rings. The second-order valence-corrected chi connectivity index (χ2v) is 6.46. The van der Waals surface area contributed by atoms with Gasteiger partial charge in [-0.3, -0.25) is 19.4 Å². The van der Waals surface area contributed by atoms with Crippen molar-refractivity contribution >= 4 is 23.2 Å². The van der Waals surface area contributed by atoms with Crippen molar-refractivity contribution in [3.8, 4) is 0 Å². The molecule has 0 radical (unpaired) electrons. The molecule has 2 amide bonds. The zero-order valence-electron chi connectivity index (χ0n) is 12.7. The Bertz CT molecular complexity index is 661. The van der Waals surface area contributed by atoms with E-state index in [1.807, 2.05) is 13.1 Å². The van der Waals surface area contributed by atoms with Crippen LogP contribution in [0.25, 0.3) is 0 Å². The van der Waals surface area contributed by atoms with Crippen LogP contribution in [0, 0.1) is 0 Å². The van der Waals surface area contributed by atoms with Crippen molar-refractivity contribution in [1.29, 1.82) is 0 Å². The van der Waals surface area contributed by atoms with Gasteiger partial charge < -0.3 is 0 Å². The fraction of sp³-hybridized carbons (Fsp3) is 0.294. The average molecular weight is 314 g/mol. The van der Waals surface area contributed by atoms with Crippen LogP contribution in [0.15, 0.2) is 41.8 Å². The van der Waals surface area contributed by atoms with Crippen LogP contribution in [-0.4, -0.2) is 41.8 Å². The number of nitrogens with zero attached hydrogens (tertiary/aromatic N) is 2. The minimum atomic E-state index is -0.183. The maximum Gasteiger partial charge on any atom is 0.261 e. The van der Waals surface area contributed by atoms with E-state index < -0.39 is 0 Å². The number of carbonyl (C=O) groups is 2. The van der Waals surface area contributed by atoms with Crippen LogP contribution in [0.4, 0.5) is 0 Å². The summed E-state index contributed by atoms with van der Waals surface area (Å²) in [6, 6.07) is 11.4. The first-order valence-corrected chi connectivity index (χ1v) is 8.16. The molecule has 1 aliphatic heterocycles. The van der Waals surface area contributed by atoms with Crippen molar-refractivity contribution in [1.82, 2.24) is 9.80 Å². The lowest BCUT2D eigenvalue weighted by Crippen LogP contribution is -2.37. The standard InChI is InChI=1S/C17H18N2O2S/c1-12(15-8-5-11-22-15)18(2)9-10-19-16(20)13-6-3-4-7-14(13)17(19)21/h3-8,11-12H,9-10H2,1-2H3. The van der Waals surface area contributed by atoms with Crippen molar-refractivity contribution in [3.05, 3.63) is 57.8 Å². The van der Waals surface area contributed by atoms with E-state index in [2.05, 4.69) is 23.3 Å².